The zero-order valence-electron chi connectivity index (χ0n) is 9.56. The van der Waals surface area contributed by atoms with Crippen LogP contribution in [-0.4, -0.2) is 14.4 Å². The largest absolute Gasteiger partial charge is 0.292 e. The molecule has 3 aromatic rings. The van der Waals surface area contributed by atoms with Gasteiger partial charge in [0.25, 0.3) is 0 Å². The summed E-state index contributed by atoms with van der Waals surface area (Å²) in [4.78, 5) is 8.53. The first-order valence-corrected chi connectivity index (χ1v) is 6.57. The Morgan fingerprint density at radius 1 is 1.17 bits per heavy atom. The average molecular weight is 323 g/mol. The molecule has 0 amide bonds. The third-order valence-corrected chi connectivity index (χ3v) is 3.63. The van der Waals surface area contributed by atoms with E-state index < -0.39 is 0 Å². The molecule has 3 rings (SSSR count). The van der Waals surface area contributed by atoms with Crippen molar-refractivity contribution < 1.29 is 0 Å². The van der Waals surface area contributed by atoms with Gasteiger partial charge in [0.05, 0.1) is 11.2 Å². The lowest BCUT2D eigenvalue weighted by Crippen LogP contribution is -1.90. The van der Waals surface area contributed by atoms with Crippen LogP contribution in [0.2, 0.25) is 5.02 Å². The van der Waals surface area contributed by atoms with E-state index in [1.807, 2.05) is 41.9 Å². The summed E-state index contributed by atoms with van der Waals surface area (Å²) >= 11 is 9.68. The van der Waals surface area contributed by atoms with Gasteiger partial charge < -0.3 is 0 Å². The van der Waals surface area contributed by atoms with Crippen LogP contribution in [-0.2, 0) is 0 Å². The van der Waals surface area contributed by atoms with Crippen LogP contribution in [0.5, 0.6) is 0 Å². The summed E-state index contributed by atoms with van der Waals surface area (Å²) in [5.74, 6) is 0. The first-order valence-electron chi connectivity index (χ1n) is 5.40. The highest BCUT2D eigenvalue weighted by Gasteiger charge is 2.08. The number of aromatic nitrogens is 3. The number of nitrogens with zero attached hydrogens (tertiary/aromatic N) is 3. The van der Waals surface area contributed by atoms with Crippen molar-refractivity contribution in [3.05, 3.63) is 52.1 Å². The normalized spacial score (nSPS) is 11.1. The maximum atomic E-state index is 6.23. The zero-order valence-corrected chi connectivity index (χ0v) is 11.9. The molecule has 0 unspecified atom stereocenters. The summed E-state index contributed by atoms with van der Waals surface area (Å²) in [7, 11) is 0. The SMILES string of the molecule is Cc1ccc(-c2cc(Cl)c3ncc(Br)n3c2)cn1. The Morgan fingerprint density at radius 3 is 2.72 bits per heavy atom. The monoisotopic (exact) mass is 321 g/mol. The van der Waals surface area contributed by atoms with E-state index in [4.69, 9.17) is 11.6 Å². The quantitative estimate of drug-likeness (QED) is 0.674. The van der Waals surface area contributed by atoms with Crippen LogP contribution in [0.1, 0.15) is 5.69 Å². The third-order valence-electron chi connectivity index (χ3n) is 2.76. The van der Waals surface area contributed by atoms with Gasteiger partial charge in [-0.25, -0.2) is 4.98 Å². The molecule has 0 spiro atoms. The van der Waals surface area contributed by atoms with E-state index in [0.717, 1.165) is 27.1 Å². The zero-order chi connectivity index (χ0) is 12.7. The molecular formula is C13H9BrClN3. The molecule has 3 heterocycles. The van der Waals surface area contributed by atoms with Crippen molar-refractivity contribution in [1.29, 1.82) is 0 Å². The lowest BCUT2D eigenvalue weighted by molar-refractivity contribution is 1.15. The number of imidazole rings is 1. The van der Waals surface area contributed by atoms with E-state index in [0.29, 0.717) is 5.02 Å². The molecule has 18 heavy (non-hydrogen) atoms. The molecule has 0 aliphatic rings. The lowest BCUT2D eigenvalue weighted by Gasteiger charge is -2.05. The van der Waals surface area contributed by atoms with Gasteiger partial charge in [-0.15, -0.1) is 0 Å². The number of rotatable bonds is 1. The Morgan fingerprint density at radius 2 is 2.00 bits per heavy atom. The van der Waals surface area contributed by atoms with Crippen LogP contribution < -0.4 is 0 Å². The number of fused-ring (bicyclic) bond motifs is 1. The van der Waals surface area contributed by atoms with Crippen molar-refractivity contribution in [3.8, 4) is 11.1 Å². The van der Waals surface area contributed by atoms with Crippen molar-refractivity contribution in [2.24, 2.45) is 0 Å². The first kappa shape index (κ1) is 11.7. The predicted octanol–water partition coefficient (Wildman–Crippen LogP) is 4.12. The summed E-state index contributed by atoms with van der Waals surface area (Å²) in [5, 5.41) is 0.624. The van der Waals surface area contributed by atoms with E-state index in [1.54, 1.807) is 6.20 Å². The molecular weight excluding hydrogens is 314 g/mol. The van der Waals surface area contributed by atoms with Crippen molar-refractivity contribution in [2.75, 3.05) is 0 Å². The fourth-order valence-corrected chi connectivity index (χ4v) is 2.44. The molecule has 5 heteroatoms. The van der Waals surface area contributed by atoms with Crippen molar-refractivity contribution in [1.82, 2.24) is 14.4 Å². The number of hydrogen-bond acceptors (Lipinski definition) is 2. The molecule has 0 N–H and O–H groups in total. The smallest absolute Gasteiger partial charge is 0.156 e. The molecule has 0 atom stereocenters. The molecule has 0 fully saturated rings. The fourth-order valence-electron chi connectivity index (χ4n) is 1.81. The minimum atomic E-state index is 0.624. The van der Waals surface area contributed by atoms with Gasteiger partial charge >= 0.3 is 0 Å². The molecule has 0 saturated carbocycles. The molecule has 3 aromatic heterocycles. The van der Waals surface area contributed by atoms with Gasteiger partial charge in [-0.2, -0.15) is 0 Å². The molecule has 0 aliphatic carbocycles. The van der Waals surface area contributed by atoms with Gasteiger partial charge in [0.15, 0.2) is 5.65 Å². The minimum Gasteiger partial charge on any atom is -0.292 e. The molecule has 3 nitrogen and oxygen atoms in total. The van der Waals surface area contributed by atoms with Crippen LogP contribution in [0, 0.1) is 6.92 Å². The Balaban J connectivity index is 2.23. The number of hydrogen-bond donors (Lipinski definition) is 0. The van der Waals surface area contributed by atoms with Crippen molar-refractivity contribution in [3.63, 3.8) is 0 Å². The second-order valence-corrected chi connectivity index (χ2v) is 5.26. The number of aryl methyl sites for hydroxylation is 1. The maximum absolute atomic E-state index is 6.23. The van der Waals surface area contributed by atoms with Gasteiger partial charge in [-0.05, 0) is 35.0 Å². The van der Waals surface area contributed by atoms with Crippen LogP contribution in [0.3, 0.4) is 0 Å². The highest BCUT2D eigenvalue weighted by molar-refractivity contribution is 9.10. The van der Waals surface area contributed by atoms with Gasteiger partial charge in [0.1, 0.15) is 4.60 Å². The summed E-state index contributed by atoms with van der Waals surface area (Å²) in [6, 6.07) is 5.92. The summed E-state index contributed by atoms with van der Waals surface area (Å²) < 4.78 is 2.79. The van der Waals surface area contributed by atoms with E-state index >= 15 is 0 Å². The summed E-state index contributed by atoms with van der Waals surface area (Å²) in [5.41, 5.74) is 3.78. The Bertz CT molecular complexity index is 719. The van der Waals surface area contributed by atoms with Crippen LogP contribution in [0.4, 0.5) is 0 Å². The Kier molecular flexibility index (Phi) is 2.84. The molecule has 90 valence electrons. The maximum Gasteiger partial charge on any atom is 0.156 e. The van der Waals surface area contributed by atoms with Crippen molar-refractivity contribution in [2.45, 2.75) is 6.92 Å². The van der Waals surface area contributed by atoms with E-state index in [-0.39, 0.29) is 0 Å². The van der Waals surface area contributed by atoms with Crippen LogP contribution in [0.25, 0.3) is 16.8 Å². The van der Waals surface area contributed by atoms with Gasteiger partial charge in [0.2, 0.25) is 0 Å². The van der Waals surface area contributed by atoms with E-state index in [9.17, 15) is 0 Å². The van der Waals surface area contributed by atoms with E-state index in [1.165, 1.54) is 0 Å². The molecule has 0 aromatic carbocycles. The number of halogens is 2. The average Bonchev–Trinajstić information content (AvgIpc) is 2.73. The van der Waals surface area contributed by atoms with Gasteiger partial charge in [0, 0.05) is 29.2 Å². The lowest BCUT2D eigenvalue weighted by atomic mass is 10.1. The number of pyridine rings is 2. The molecule has 0 aliphatic heterocycles. The fraction of sp³-hybridized carbons (Fsp3) is 0.0769. The predicted molar refractivity (Wildman–Crippen MR) is 75.9 cm³/mol. The highest BCUT2D eigenvalue weighted by Crippen LogP contribution is 2.27. The highest BCUT2D eigenvalue weighted by atomic mass is 79.9. The van der Waals surface area contributed by atoms with E-state index in [2.05, 4.69) is 25.9 Å². The van der Waals surface area contributed by atoms with Crippen molar-refractivity contribution >= 4 is 33.2 Å². The van der Waals surface area contributed by atoms with Crippen LogP contribution >= 0.6 is 27.5 Å². The van der Waals surface area contributed by atoms with Crippen LogP contribution in [0.15, 0.2) is 41.4 Å². The Hall–Kier alpha value is -1.39. The van der Waals surface area contributed by atoms with Gasteiger partial charge in [-0.1, -0.05) is 17.7 Å². The minimum absolute atomic E-state index is 0.624. The molecule has 0 radical (unpaired) electrons. The first-order chi connectivity index (χ1) is 8.65. The van der Waals surface area contributed by atoms with Gasteiger partial charge in [-0.3, -0.25) is 9.38 Å². The third kappa shape index (κ3) is 1.91. The summed E-state index contributed by atoms with van der Waals surface area (Å²) in [6.07, 6.45) is 5.57. The Labute approximate surface area is 118 Å². The molecule has 0 saturated heterocycles. The molecule has 0 bridgehead atoms. The standard InChI is InChI=1S/C13H9BrClN3/c1-8-2-3-9(5-16-8)10-4-11(15)13-17-6-12(14)18(13)7-10/h2-7H,1H3. The second kappa shape index (κ2) is 4.37. The second-order valence-electron chi connectivity index (χ2n) is 4.04. The summed E-state index contributed by atoms with van der Waals surface area (Å²) in [6.45, 7) is 1.96. The topological polar surface area (TPSA) is 30.2 Å².